The van der Waals surface area contributed by atoms with E-state index in [1.165, 1.54) is 11.1 Å². The van der Waals surface area contributed by atoms with Crippen molar-refractivity contribution in [3.05, 3.63) is 95.1 Å². The summed E-state index contributed by atoms with van der Waals surface area (Å²) in [4.78, 5) is 23.2. The van der Waals surface area contributed by atoms with E-state index in [-0.39, 0.29) is 17.0 Å². The zero-order valence-electron chi connectivity index (χ0n) is 18.2. The molecule has 0 aliphatic heterocycles. The minimum absolute atomic E-state index is 0.164. The molecular formula is C27H32O2. The van der Waals surface area contributed by atoms with E-state index in [1.807, 2.05) is 12.2 Å². The molecule has 0 spiro atoms. The lowest BCUT2D eigenvalue weighted by Crippen LogP contribution is -2.20. The Bertz CT molecular complexity index is 856. The van der Waals surface area contributed by atoms with Crippen molar-refractivity contribution < 1.29 is 9.59 Å². The van der Waals surface area contributed by atoms with Gasteiger partial charge in [0.15, 0.2) is 0 Å². The first-order valence-electron chi connectivity index (χ1n) is 10.1. The number of benzene rings is 2. The van der Waals surface area contributed by atoms with Gasteiger partial charge < -0.3 is 0 Å². The summed E-state index contributed by atoms with van der Waals surface area (Å²) in [5.74, 6) is 0.329. The number of Topliss-reactive ketones (excluding diaryl/α,β-unsaturated/α-hetero) is 2. The van der Waals surface area contributed by atoms with E-state index in [4.69, 9.17) is 0 Å². The molecule has 152 valence electrons. The van der Waals surface area contributed by atoms with E-state index in [0.717, 1.165) is 35.1 Å². The highest BCUT2D eigenvalue weighted by molar-refractivity contribution is 5.79. The van der Waals surface area contributed by atoms with Crippen LogP contribution in [-0.2, 0) is 40.7 Å². The Hall–Kier alpha value is -2.74. The average molecular weight is 389 g/mol. The molecule has 0 bridgehead atoms. The number of carbonyl (C=O) groups excluding carboxylic acids is 2. The summed E-state index contributed by atoms with van der Waals surface area (Å²) in [7, 11) is 0. The third-order valence-corrected chi connectivity index (χ3v) is 5.46. The van der Waals surface area contributed by atoms with Crippen LogP contribution in [0.5, 0.6) is 0 Å². The minimum atomic E-state index is -0.213. The smallest absolute Gasteiger partial charge is 0.134 e. The van der Waals surface area contributed by atoms with Crippen molar-refractivity contribution in [2.75, 3.05) is 0 Å². The van der Waals surface area contributed by atoms with Crippen molar-refractivity contribution in [2.24, 2.45) is 0 Å². The zero-order chi connectivity index (χ0) is 21.6. The van der Waals surface area contributed by atoms with Gasteiger partial charge in [0.1, 0.15) is 11.6 Å². The van der Waals surface area contributed by atoms with Crippen LogP contribution in [0.1, 0.15) is 61.1 Å². The van der Waals surface area contributed by atoms with Gasteiger partial charge in [0, 0.05) is 18.3 Å². The Balaban J connectivity index is 2.50. The summed E-state index contributed by atoms with van der Waals surface area (Å²) < 4.78 is 0. The molecule has 29 heavy (non-hydrogen) atoms. The molecular weight excluding hydrogens is 356 g/mol. The first-order chi connectivity index (χ1) is 13.7. The fourth-order valence-corrected chi connectivity index (χ4v) is 3.77. The number of hydrogen-bond donors (Lipinski definition) is 0. The number of carbonyl (C=O) groups is 2. The van der Waals surface area contributed by atoms with Crippen molar-refractivity contribution in [3.8, 4) is 0 Å². The molecule has 0 aliphatic rings. The number of hydrogen-bond acceptors (Lipinski definition) is 2. The van der Waals surface area contributed by atoms with E-state index in [1.54, 1.807) is 13.8 Å². The van der Waals surface area contributed by atoms with Crippen LogP contribution >= 0.6 is 0 Å². The fraction of sp³-hybridized carbons (Fsp3) is 0.333. The maximum Gasteiger partial charge on any atom is 0.134 e. The second-order valence-corrected chi connectivity index (χ2v) is 8.34. The minimum Gasteiger partial charge on any atom is -0.300 e. The van der Waals surface area contributed by atoms with Crippen molar-refractivity contribution in [1.82, 2.24) is 0 Å². The van der Waals surface area contributed by atoms with Gasteiger partial charge in [0.2, 0.25) is 0 Å². The third-order valence-electron chi connectivity index (χ3n) is 5.46. The Morgan fingerprint density at radius 1 is 0.759 bits per heavy atom. The first kappa shape index (κ1) is 22.5. The summed E-state index contributed by atoms with van der Waals surface area (Å²) in [6.45, 7) is 15.4. The molecule has 0 aliphatic carbocycles. The molecule has 0 atom stereocenters. The van der Waals surface area contributed by atoms with E-state index in [0.29, 0.717) is 12.8 Å². The monoisotopic (exact) mass is 388 g/mol. The highest BCUT2D eigenvalue weighted by Crippen LogP contribution is 2.34. The average Bonchev–Trinajstić information content (AvgIpc) is 2.64. The van der Waals surface area contributed by atoms with E-state index in [2.05, 4.69) is 63.4 Å². The predicted molar refractivity (Wildman–Crippen MR) is 122 cm³/mol. The molecule has 2 nitrogen and oxygen atoms in total. The van der Waals surface area contributed by atoms with E-state index >= 15 is 0 Å². The van der Waals surface area contributed by atoms with Crippen LogP contribution in [0.3, 0.4) is 0 Å². The standard InChI is InChI=1S/C27H32O2/c1-7-9-21-17-25(13-11-23(21)15-19(3)28)27(5,6)26-14-12-24(16-20(4)29)22(18-26)10-8-2/h7-8,11-14,17-18H,1-2,9-10,15-16H2,3-6H3. The summed E-state index contributed by atoms with van der Waals surface area (Å²) in [6, 6.07) is 12.8. The Kier molecular flexibility index (Phi) is 7.50. The quantitative estimate of drug-likeness (QED) is 0.487. The third kappa shape index (κ3) is 5.63. The van der Waals surface area contributed by atoms with E-state index in [9.17, 15) is 9.59 Å². The molecule has 2 aromatic rings. The molecule has 2 rings (SSSR count). The summed E-state index contributed by atoms with van der Waals surface area (Å²) in [6.07, 6.45) is 6.15. The largest absolute Gasteiger partial charge is 0.300 e. The Labute approximate surface area is 175 Å². The van der Waals surface area contributed by atoms with Gasteiger partial charge in [-0.1, -0.05) is 62.4 Å². The molecule has 0 N–H and O–H groups in total. The molecule has 0 unspecified atom stereocenters. The van der Waals surface area contributed by atoms with Gasteiger partial charge in [-0.25, -0.2) is 0 Å². The van der Waals surface area contributed by atoms with E-state index < -0.39 is 0 Å². The first-order valence-corrected chi connectivity index (χ1v) is 10.1. The number of rotatable bonds is 10. The Morgan fingerprint density at radius 2 is 1.14 bits per heavy atom. The molecule has 0 heterocycles. The molecule has 0 radical (unpaired) electrons. The van der Waals surface area contributed by atoms with Crippen molar-refractivity contribution in [3.63, 3.8) is 0 Å². The Morgan fingerprint density at radius 3 is 1.45 bits per heavy atom. The molecule has 2 heteroatoms. The zero-order valence-corrected chi connectivity index (χ0v) is 18.2. The van der Waals surface area contributed by atoms with Crippen LogP contribution in [0.15, 0.2) is 61.7 Å². The summed E-state index contributed by atoms with van der Waals surface area (Å²) >= 11 is 0. The lowest BCUT2D eigenvalue weighted by molar-refractivity contribution is -0.117. The SMILES string of the molecule is C=CCc1cc(C(C)(C)c2ccc(CC(C)=O)c(CC=C)c2)ccc1CC(C)=O. The molecule has 0 amide bonds. The van der Waals surface area contributed by atoms with Gasteiger partial charge in [0.05, 0.1) is 0 Å². The lowest BCUT2D eigenvalue weighted by atomic mass is 9.75. The summed E-state index contributed by atoms with van der Waals surface area (Å²) in [5, 5.41) is 0. The van der Waals surface area contributed by atoms with Crippen molar-refractivity contribution in [1.29, 1.82) is 0 Å². The van der Waals surface area contributed by atoms with Gasteiger partial charge in [-0.15, -0.1) is 13.2 Å². The topological polar surface area (TPSA) is 34.1 Å². The highest BCUT2D eigenvalue weighted by atomic mass is 16.1. The maximum absolute atomic E-state index is 11.6. The van der Waals surface area contributed by atoms with Crippen LogP contribution in [-0.4, -0.2) is 11.6 Å². The van der Waals surface area contributed by atoms with Crippen LogP contribution in [0.4, 0.5) is 0 Å². The van der Waals surface area contributed by atoms with Crippen molar-refractivity contribution >= 4 is 11.6 Å². The maximum atomic E-state index is 11.6. The molecule has 0 saturated carbocycles. The normalized spacial score (nSPS) is 11.2. The highest BCUT2D eigenvalue weighted by Gasteiger charge is 2.25. The van der Waals surface area contributed by atoms with Crippen LogP contribution in [0.2, 0.25) is 0 Å². The number of ketones is 2. The van der Waals surface area contributed by atoms with Gasteiger partial charge in [-0.05, 0) is 60.1 Å². The molecule has 0 fully saturated rings. The van der Waals surface area contributed by atoms with Gasteiger partial charge in [0.25, 0.3) is 0 Å². The van der Waals surface area contributed by atoms with Crippen LogP contribution in [0, 0.1) is 0 Å². The van der Waals surface area contributed by atoms with Gasteiger partial charge in [-0.2, -0.15) is 0 Å². The lowest BCUT2D eigenvalue weighted by Gasteiger charge is -2.28. The molecule has 2 aromatic carbocycles. The second-order valence-electron chi connectivity index (χ2n) is 8.34. The van der Waals surface area contributed by atoms with Crippen molar-refractivity contribution in [2.45, 2.75) is 58.8 Å². The van der Waals surface area contributed by atoms with Gasteiger partial charge in [-0.3, -0.25) is 9.59 Å². The fourth-order valence-electron chi connectivity index (χ4n) is 3.77. The predicted octanol–water partition coefficient (Wildman–Crippen LogP) is 5.73. The van der Waals surface area contributed by atoms with Crippen LogP contribution < -0.4 is 0 Å². The molecule has 0 saturated heterocycles. The summed E-state index contributed by atoms with van der Waals surface area (Å²) in [5.41, 5.74) is 6.63. The second kappa shape index (κ2) is 9.65. The van der Waals surface area contributed by atoms with Crippen LogP contribution in [0.25, 0.3) is 0 Å². The number of allylic oxidation sites excluding steroid dienone is 2. The van der Waals surface area contributed by atoms with Gasteiger partial charge >= 0.3 is 0 Å². The molecule has 0 aromatic heterocycles.